The van der Waals surface area contributed by atoms with Gasteiger partial charge in [-0.1, -0.05) is 12.8 Å². The second-order valence-electron chi connectivity index (χ2n) is 4.69. The molecule has 1 aliphatic rings. The normalized spacial score (nSPS) is 23.7. The number of rotatable bonds is 2. The van der Waals surface area contributed by atoms with E-state index in [4.69, 9.17) is 5.73 Å². The molecule has 5 heteroatoms. The van der Waals surface area contributed by atoms with Crippen molar-refractivity contribution < 1.29 is 14.3 Å². The Bertz CT molecular complexity index is 451. The maximum atomic E-state index is 13.0. The van der Waals surface area contributed by atoms with E-state index < -0.39 is 11.7 Å². The van der Waals surface area contributed by atoms with Crippen LogP contribution < -0.4 is 11.1 Å². The van der Waals surface area contributed by atoms with Gasteiger partial charge >= 0.3 is 0 Å². The summed E-state index contributed by atoms with van der Waals surface area (Å²) in [6.45, 7) is 0. The smallest absolute Gasteiger partial charge is 0.255 e. The van der Waals surface area contributed by atoms with Crippen molar-refractivity contribution in [2.24, 2.45) is 5.73 Å². The van der Waals surface area contributed by atoms with E-state index in [1.807, 2.05) is 0 Å². The number of nitrogens with one attached hydrogen (secondary N) is 1. The number of nitrogens with two attached hydrogens (primary N) is 1. The average molecular weight is 252 g/mol. The molecule has 98 valence electrons. The Morgan fingerprint density at radius 3 is 2.83 bits per heavy atom. The molecular weight excluding hydrogens is 235 g/mol. The van der Waals surface area contributed by atoms with Crippen LogP contribution in [0.2, 0.25) is 0 Å². The summed E-state index contributed by atoms with van der Waals surface area (Å²) in [5.41, 5.74) is 5.87. The van der Waals surface area contributed by atoms with Crippen molar-refractivity contribution in [3.8, 4) is 5.75 Å². The summed E-state index contributed by atoms with van der Waals surface area (Å²) in [6, 6.07) is 3.13. The van der Waals surface area contributed by atoms with Crippen LogP contribution in [0.5, 0.6) is 5.75 Å². The van der Waals surface area contributed by atoms with Gasteiger partial charge in [0.1, 0.15) is 11.6 Å². The van der Waals surface area contributed by atoms with Gasteiger partial charge in [-0.25, -0.2) is 4.39 Å². The van der Waals surface area contributed by atoms with Crippen molar-refractivity contribution in [2.75, 3.05) is 0 Å². The summed E-state index contributed by atoms with van der Waals surface area (Å²) in [6.07, 6.45) is 3.79. The maximum Gasteiger partial charge on any atom is 0.255 e. The van der Waals surface area contributed by atoms with Gasteiger partial charge in [0.05, 0.1) is 5.56 Å². The van der Waals surface area contributed by atoms with Crippen LogP contribution >= 0.6 is 0 Å². The van der Waals surface area contributed by atoms with Crippen LogP contribution in [0.4, 0.5) is 4.39 Å². The van der Waals surface area contributed by atoms with Crippen molar-refractivity contribution in [1.29, 1.82) is 0 Å². The topological polar surface area (TPSA) is 75.3 Å². The highest BCUT2D eigenvalue weighted by Crippen LogP contribution is 2.20. The highest BCUT2D eigenvalue weighted by molar-refractivity contribution is 5.97. The summed E-state index contributed by atoms with van der Waals surface area (Å²) >= 11 is 0. The zero-order chi connectivity index (χ0) is 13.1. The molecule has 2 rings (SSSR count). The summed E-state index contributed by atoms with van der Waals surface area (Å²) in [5, 5.41) is 12.3. The summed E-state index contributed by atoms with van der Waals surface area (Å²) in [7, 11) is 0. The first-order valence-corrected chi connectivity index (χ1v) is 6.13. The lowest BCUT2D eigenvalue weighted by Crippen LogP contribution is -2.49. The fourth-order valence-corrected chi connectivity index (χ4v) is 2.28. The van der Waals surface area contributed by atoms with Crippen molar-refractivity contribution in [2.45, 2.75) is 37.8 Å². The molecule has 0 radical (unpaired) electrons. The molecule has 4 N–H and O–H groups in total. The van der Waals surface area contributed by atoms with Crippen LogP contribution in [0.25, 0.3) is 0 Å². The summed E-state index contributed by atoms with van der Waals surface area (Å²) < 4.78 is 13.0. The van der Waals surface area contributed by atoms with E-state index in [0.717, 1.165) is 37.8 Å². The molecule has 0 spiro atoms. The lowest BCUT2D eigenvalue weighted by Gasteiger charge is -2.29. The molecule has 1 amide bonds. The molecule has 0 heterocycles. The SMILES string of the molecule is NC1CCCCC1NC(=O)c1cc(F)ccc1O. The average Bonchev–Trinajstić information content (AvgIpc) is 2.35. The first kappa shape index (κ1) is 12.8. The van der Waals surface area contributed by atoms with Gasteiger partial charge in [0, 0.05) is 12.1 Å². The number of hydrogen-bond donors (Lipinski definition) is 3. The van der Waals surface area contributed by atoms with Crippen molar-refractivity contribution >= 4 is 5.91 Å². The number of carbonyl (C=O) groups is 1. The van der Waals surface area contributed by atoms with Gasteiger partial charge in [0.2, 0.25) is 0 Å². The number of halogens is 1. The largest absolute Gasteiger partial charge is 0.507 e. The molecule has 1 saturated carbocycles. The zero-order valence-corrected chi connectivity index (χ0v) is 10.0. The maximum absolute atomic E-state index is 13.0. The third-order valence-electron chi connectivity index (χ3n) is 3.34. The molecule has 4 nitrogen and oxygen atoms in total. The van der Waals surface area contributed by atoms with Gasteiger partial charge in [-0.2, -0.15) is 0 Å². The minimum Gasteiger partial charge on any atom is -0.507 e. The third kappa shape index (κ3) is 2.79. The Hall–Kier alpha value is -1.62. The minimum atomic E-state index is -0.550. The highest BCUT2D eigenvalue weighted by Gasteiger charge is 2.24. The molecule has 1 aromatic rings. The van der Waals surface area contributed by atoms with E-state index in [0.29, 0.717) is 0 Å². The third-order valence-corrected chi connectivity index (χ3v) is 3.34. The quantitative estimate of drug-likeness (QED) is 0.747. The number of phenolic OH excluding ortho intramolecular Hbond substituents is 1. The zero-order valence-electron chi connectivity index (χ0n) is 10.0. The van der Waals surface area contributed by atoms with Crippen LogP contribution in [0.15, 0.2) is 18.2 Å². The molecule has 0 bridgehead atoms. The van der Waals surface area contributed by atoms with Crippen molar-refractivity contribution in [3.05, 3.63) is 29.6 Å². The van der Waals surface area contributed by atoms with Crippen LogP contribution in [-0.4, -0.2) is 23.1 Å². The fraction of sp³-hybridized carbons (Fsp3) is 0.462. The number of carbonyl (C=O) groups excluding carboxylic acids is 1. The molecule has 18 heavy (non-hydrogen) atoms. The second-order valence-corrected chi connectivity index (χ2v) is 4.69. The van der Waals surface area contributed by atoms with Gasteiger partial charge in [0.15, 0.2) is 0 Å². The van der Waals surface area contributed by atoms with Crippen LogP contribution in [0.3, 0.4) is 0 Å². The predicted octanol–water partition coefficient (Wildman–Crippen LogP) is 1.53. The van der Waals surface area contributed by atoms with Gasteiger partial charge in [0.25, 0.3) is 5.91 Å². The van der Waals surface area contributed by atoms with E-state index in [-0.39, 0.29) is 23.4 Å². The lowest BCUT2D eigenvalue weighted by atomic mass is 9.91. The monoisotopic (exact) mass is 252 g/mol. The fourth-order valence-electron chi connectivity index (χ4n) is 2.28. The minimum absolute atomic E-state index is 0.0484. The molecule has 0 aromatic heterocycles. The van der Waals surface area contributed by atoms with Crippen molar-refractivity contribution in [3.63, 3.8) is 0 Å². The Kier molecular flexibility index (Phi) is 3.81. The first-order valence-electron chi connectivity index (χ1n) is 6.13. The van der Waals surface area contributed by atoms with Gasteiger partial charge in [-0.3, -0.25) is 4.79 Å². The Morgan fingerprint density at radius 1 is 1.39 bits per heavy atom. The summed E-state index contributed by atoms with van der Waals surface area (Å²) in [4.78, 5) is 11.9. The molecule has 0 aliphatic heterocycles. The van der Waals surface area contributed by atoms with Gasteiger partial charge in [-0.05, 0) is 31.0 Å². The molecular formula is C13H17FN2O2. The van der Waals surface area contributed by atoms with Crippen LogP contribution in [0.1, 0.15) is 36.0 Å². The van der Waals surface area contributed by atoms with E-state index in [2.05, 4.69) is 5.32 Å². The number of phenols is 1. The molecule has 2 unspecified atom stereocenters. The van der Waals surface area contributed by atoms with Gasteiger partial charge in [-0.15, -0.1) is 0 Å². The van der Waals surface area contributed by atoms with E-state index >= 15 is 0 Å². The summed E-state index contributed by atoms with van der Waals surface area (Å²) in [5.74, 6) is -1.25. The predicted molar refractivity (Wildman–Crippen MR) is 65.8 cm³/mol. The lowest BCUT2D eigenvalue weighted by molar-refractivity contribution is 0.0918. The second kappa shape index (κ2) is 5.35. The number of aromatic hydroxyl groups is 1. The Balaban J connectivity index is 2.09. The van der Waals surface area contributed by atoms with E-state index in [1.54, 1.807) is 0 Å². The number of hydrogen-bond acceptors (Lipinski definition) is 3. The molecule has 1 fully saturated rings. The van der Waals surface area contributed by atoms with Crippen LogP contribution in [-0.2, 0) is 0 Å². The molecule has 1 aliphatic carbocycles. The van der Waals surface area contributed by atoms with Crippen molar-refractivity contribution in [1.82, 2.24) is 5.32 Å². The van der Waals surface area contributed by atoms with Crippen LogP contribution in [0, 0.1) is 5.82 Å². The molecule has 0 saturated heterocycles. The molecule has 1 aromatic carbocycles. The standard InChI is InChI=1S/C13H17FN2O2/c14-8-5-6-12(17)9(7-8)13(18)16-11-4-2-1-3-10(11)15/h5-7,10-11,17H,1-4,15H2,(H,16,18). The molecule has 2 atom stereocenters. The van der Waals surface area contributed by atoms with E-state index in [9.17, 15) is 14.3 Å². The Morgan fingerprint density at radius 2 is 2.11 bits per heavy atom. The number of benzene rings is 1. The highest BCUT2D eigenvalue weighted by atomic mass is 19.1. The Labute approximate surface area is 105 Å². The van der Waals surface area contributed by atoms with Gasteiger partial charge < -0.3 is 16.2 Å². The number of amides is 1. The van der Waals surface area contributed by atoms with E-state index in [1.165, 1.54) is 6.07 Å². The first-order chi connectivity index (χ1) is 8.58.